The first-order chi connectivity index (χ1) is 13.1. The summed E-state index contributed by atoms with van der Waals surface area (Å²) >= 11 is 0. The second-order valence-electron chi connectivity index (χ2n) is 7.93. The lowest BCUT2D eigenvalue weighted by Crippen LogP contribution is -2.44. The molecule has 4 heteroatoms. The number of methoxy groups -OCH3 is 1. The molecule has 144 valence electrons. The summed E-state index contributed by atoms with van der Waals surface area (Å²) in [4.78, 5) is 2.25. The molecular weight excluding hydrogens is 338 g/mol. The van der Waals surface area contributed by atoms with Crippen molar-refractivity contribution in [3.8, 4) is 5.75 Å². The number of aliphatic hydroxyl groups is 2. The molecule has 0 spiro atoms. The number of ether oxygens (including phenoxy) is 1. The van der Waals surface area contributed by atoms with Gasteiger partial charge in [0.05, 0.1) is 18.8 Å². The zero-order valence-corrected chi connectivity index (χ0v) is 16.0. The second kappa shape index (κ2) is 7.63. The molecule has 1 fully saturated rings. The van der Waals surface area contributed by atoms with E-state index in [1.54, 1.807) is 7.11 Å². The van der Waals surface area contributed by atoms with Crippen LogP contribution >= 0.6 is 0 Å². The SMILES string of the molecule is COc1ccccc1C1(O)CCN(C[C@@H](O)c2ccc3c(c2)CCC3)CC1. The van der Waals surface area contributed by atoms with Crippen molar-refractivity contribution in [2.24, 2.45) is 0 Å². The van der Waals surface area contributed by atoms with Crippen molar-refractivity contribution >= 4 is 0 Å². The number of aliphatic hydroxyl groups excluding tert-OH is 1. The fourth-order valence-corrected chi connectivity index (χ4v) is 4.55. The van der Waals surface area contributed by atoms with Gasteiger partial charge in [0.25, 0.3) is 0 Å². The van der Waals surface area contributed by atoms with Gasteiger partial charge in [0.15, 0.2) is 0 Å². The van der Waals surface area contributed by atoms with Crippen LogP contribution in [0.25, 0.3) is 0 Å². The second-order valence-corrected chi connectivity index (χ2v) is 7.93. The predicted octanol–water partition coefficient (Wildman–Crippen LogP) is 3.20. The Labute approximate surface area is 161 Å². The van der Waals surface area contributed by atoms with Crippen LogP contribution in [0.5, 0.6) is 5.75 Å². The summed E-state index contributed by atoms with van der Waals surface area (Å²) in [6.07, 6.45) is 4.33. The van der Waals surface area contributed by atoms with Gasteiger partial charge in [-0.2, -0.15) is 0 Å². The standard InChI is InChI=1S/C23H29NO3/c1-27-22-8-3-2-7-20(22)23(26)11-13-24(14-12-23)16-21(25)19-10-9-17-5-4-6-18(17)15-19/h2-3,7-10,15,21,25-26H,4-6,11-14,16H2,1H3/t21-/m1/s1. The Kier molecular flexibility index (Phi) is 5.22. The van der Waals surface area contributed by atoms with Crippen LogP contribution in [0.4, 0.5) is 0 Å². The molecule has 1 aliphatic heterocycles. The Bertz CT molecular complexity index is 796. The summed E-state index contributed by atoms with van der Waals surface area (Å²) in [6.45, 7) is 2.13. The molecule has 2 aliphatic rings. The number of fused-ring (bicyclic) bond motifs is 1. The first kappa shape index (κ1) is 18.5. The van der Waals surface area contributed by atoms with Gasteiger partial charge in [-0.05, 0) is 54.9 Å². The first-order valence-corrected chi connectivity index (χ1v) is 9.97. The molecule has 0 bridgehead atoms. The van der Waals surface area contributed by atoms with Crippen LogP contribution in [-0.4, -0.2) is 41.9 Å². The molecule has 27 heavy (non-hydrogen) atoms. The van der Waals surface area contributed by atoms with E-state index in [-0.39, 0.29) is 0 Å². The van der Waals surface area contributed by atoms with Crippen LogP contribution in [0.3, 0.4) is 0 Å². The largest absolute Gasteiger partial charge is 0.496 e. The lowest BCUT2D eigenvalue weighted by molar-refractivity contribution is -0.0358. The van der Waals surface area contributed by atoms with Crippen LogP contribution in [0.15, 0.2) is 42.5 Å². The van der Waals surface area contributed by atoms with Crippen molar-refractivity contribution in [3.63, 3.8) is 0 Å². The average Bonchev–Trinajstić information content (AvgIpc) is 3.17. The molecule has 0 unspecified atom stereocenters. The van der Waals surface area contributed by atoms with E-state index in [1.807, 2.05) is 24.3 Å². The highest BCUT2D eigenvalue weighted by atomic mass is 16.5. The minimum atomic E-state index is -0.859. The first-order valence-electron chi connectivity index (χ1n) is 9.97. The molecule has 2 aromatic rings. The van der Waals surface area contributed by atoms with Crippen LogP contribution in [0, 0.1) is 0 Å². The number of likely N-dealkylation sites (tertiary alicyclic amines) is 1. The fraction of sp³-hybridized carbons (Fsp3) is 0.478. The third-order valence-electron chi connectivity index (χ3n) is 6.23. The van der Waals surface area contributed by atoms with E-state index in [1.165, 1.54) is 24.0 Å². The van der Waals surface area contributed by atoms with Gasteiger partial charge in [0.2, 0.25) is 0 Å². The number of hydrogen-bond acceptors (Lipinski definition) is 4. The highest BCUT2D eigenvalue weighted by Gasteiger charge is 2.36. The quantitative estimate of drug-likeness (QED) is 0.852. The zero-order valence-electron chi connectivity index (χ0n) is 16.0. The summed E-state index contributed by atoms with van der Waals surface area (Å²) in [5.41, 5.74) is 3.86. The number of para-hydroxylation sites is 1. The zero-order chi connectivity index (χ0) is 18.9. The maximum atomic E-state index is 11.2. The number of hydrogen-bond donors (Lipinski definition) is 2. The molecule has 1 aliphatic carbocycles. The Balaban J connectivity index is 1.39. The van der Waals surface area contributed by atoms with Gasteiger partial charge >= 0.3 is 0 Å². The van der Waals surface area contributed by atoms with Gasteiger partial charge in [0.1, 0.15) is 5.75 Å². The lowest BCUT2D eigenvalue weighted by atomic mass is 9.83. The smallest absolute Gasteiger partial charge is 0.124 e. The Morgan fingerprint density at radius 1 is 1.07 bits per heavy atom. The molecule has 4 nitrogen and oxygen atoms in total. The summed E-state index contributed by atoms with van der Waals surface area (Å²) < 4.78 is 5.44. The van der Waals surface area contributed by atoms with Crippen LogP contribution in [-0.2, 0) is 18.4 Å². The van der Waals surface area contributed by atoms with Crippen molar-refractivity contribution < 1.29 is 14.9 Å². The minimum absolute atomic E-state index is 0.478. The molecule has 2 aromatic carbocycles. The van der Waals surface area contributed by atoms with E-state index in [4.69, 9.17) is 4.74 Å². The number of rotatable bonds is 5. The predicted molar refractivity (Wildman–Crippen MR) is 106 cm³/mol. The van der Waals surface area contributed by atoms with Crippen LogP contribution in [0.2, 0.25) is 0 Å². The summed E-state index contributed by atoms with van der Waals surface area (Å²) in [5, 5.41) is 21.9. The Hall–Kier alpha value is -1.88. The third kappa shape index (κ3) is 3.75. The molecule has 1 atom stereocenters. The van der Waals surface area contributed by atoms with Crippen LogP contribution in [0.1, 0.15) is 47.6 Å². The average molecular weight is 367 g/mol. The van der Waals surface area contributed by atoms with E-state index in [0.717, 1.165) is 36.4 Å². The van der Waals surface area contributed by atoms with Gasteiger partial charge in [0, 0.05) is 25.2 Å². The lowest BCUT2D eigenvalue weighted by Gasteiger charge is -2.39. The molecule has 4 rings (SSSR count). The van der Waals surface area contributed by atoms with Gasteiger partial charge in [-0.1, -0.05) is 36.4 Å². The fourth-order valence-electron chi connectivity index (χ4n) is 4.55. The Morgan fingerprint density at radius 3 is 2.59 bits per heavy atom. The third-order valence-corrected chi connectivity index (χ3v) is 6.23. The molecule has 2 N–H and O–H groups in total. The van der Waals surface area contributed by atoms with Crippen molar-refractivity contribution in [1.29, 1.82) is 0 Å². The van der Waals surface area contributed by atoms with Crippen molar-refractivity contribution in [2.75, 3.05) is 26.7 Å². The highest BCUT2D eigenvalue weighted by molar-refractivity contribution is 5.38. The molecule has 0 aromatic heterocycles. The number of benzene rings is 2. The molecule has 1 heterocycles. The number of β-amino-alcohol motifs (C(OH)–C–C–N with tert-alkyl or cyclic N) is 1. The van der Waals surface area contributed by atoms with Crippen molar-refractivity contribution in [1.82, 2.24) is 4.90 Å². The van der Waals surface area contributed by atoms with Gasteiger partial charge in [-0.25, -0.2) is 0 Å². The van der Waals surface area contributed by atoms with E-state index in [0.29, 0.717) is 19.4 Å². The molecule has 0 radical (unpaired) electrons. The van der Waals surface area contributed by atoms with Gasteiger partial charge in [-0.3, -0.25) is 0 Å². The van der Waals surface area contributed by atoms with Crippen molar-refractivity contribution in [3.05, 3.63) is 64.7 Å². The number of aryl methyl sites for hydroxylation is 2. The van der Waals surface area contributed by atoms with E-state index < -0.39 is 11.7 Å². The van der Waals surface area contributed by atoms with E-state index in [9.17, 15) is 10.2 Å². The van der Waals surface area contributed by atoms with E-state index in [2.05, 4.69) is 23.1 Å². The number of piperidine rings is 1. The normalized spacial score (nSPS) is 20.3. The molecule has 1 saturated heterocycles. The maximum absolute atomic E-state index is 11.2. The van der Waals surface area contributed by atoms with Crippen LogP contribution < -0.4 is 4.74 Å². The Morgan fingerprint density at radius 2 is 1.81 bits per heavy atom. The van der Waals surface area contributed by atoms with Gasteiger partial charge < -0.3 is 19.8 Å². The highest BCUT2D eigenvalue weighted by Crippen LogP contribution is 2.38. The van der Waals surface area contributed by atoms with E-state index >= 15 is 0 Å². The molecule has 0 amide bonds. The summed E-state index contributed by atoms with van der Waals surface area (Å²) in [7, 11) is 1.64. The topological polar surface area (TPSA) is 52.9 Å². The molecule has 0 saturated carbocycles. The summed E-state index contributed by atoms with van der Waals surface area (Å²) in [5.74, 6) is 0.742. The van der Waals surface area contributed by atoms with Crippen molar-refractivity contribution in [2.45, 2.75) is 43.8 Å². The van der Waals surface area contributed by atoms with Gasteiger partial charge in [-0.15, -0.1) is 0 Å². The summed E-state index contributed by atoms with van der Waals surface area (Å²) in [6, 6.07) is 14.2. The monoisotopic (exact) mass is 367 g/mol. The molecular formula is C23H29NO3. The minimum Gasteiger partial charge on any atom is -0.496 e. The maximum Gasteiger partial charge on any atom is 0.124 e. The number of nitrogens with zero attached hydrogens (tertiary/aromatic N) is 1.